The molecule has 1 N–H and O–H groups in total. The quantitative estimate of drug-likeness (QED) is 0.441. The van der Waals surface area contributed by atoms with Crippen LogP contribution in [0, 0.1) is 17.6 Å². The van der Waals surface area contributed by atoms with Crippen molar-refractivity contribution in [3.8, 4) is 0 Å². The lowest BCUT2D eigenvalue weighted by atomic mass is 10.00. The average Bonchev–Trinajstić information content (AvgIpc) is 2.46. The van der Waals surface area contributed by atoms with E-state index in [0.717, 1.165) is 37.6 Å². The topological polar surface area (TPSA) is 27.6 Å². The molecule has 0 aliphatic carbocycles. The average molecular weight is 437 g/mol. The fourth-order valence-corrected chi connectivity index (χ4v) is 2.69. The van der Waals surface area contributed by atoms with E-state index in [2.05, 4.69) is 22.1 Å². The molecule has 23 heavy (non-hydrogen) atoms. The monoisotopic (exact) mass is 437 g/mol. The summed E-state index contributed by atoms with van der Waals surface area (Å²) in [7, 11) is 0. The zero-order chi connectivity index (χ0) is 15.9. The van der Waals surface area contributed by atoms with Crippen LogP contribution in [0.3, 0.4) is 0 Å². The largest absolute Gasteiger partial charge is 0.357 e. The molecule has 0 unspecified atom stereocenters. The van der Waals surface area contributed by atoms with Gasteiger partial charge < -0.3 is 10.2 Å². The van der Waals surface area contributed by atoms with Gasteiger partial charge in [0.05, 0.1) is 0 Å². The number of likely N-dealkylation sites (tertiary alicyclic amines) is 1. The van der Waals surface area contributed by atoms with E-state index in [-0.39, 0.29) is 24.0 Å². The Balaban J connectivity index is 0.00000264. The lowest BCUT2D eigenvalue weighted by Crippen LogP contribution is -2.45. The minimum atomic E-state index is -0.532. The van der Waals surface area contributed by atoms with Crippen molar-refractivity contribution >= 4 is 29.9 Å². The summed E-state index contributed by atoms with van der Waals surface area (Å²) in [6.07, 6.45) is 2.90. The zero-order valence-electron chi connectivity index (χ0n) is 13.8. The summed E-state index contributed by atoms with van der Waals surface area (Å²) in [5, 5.41) is 3.30. The van der Waals surface area contributed by atoms with Crippen LogP contribution < -0.4 is 5.32 Å². The number of aliphatic imine (C=N–C) groups is 1. The van der Waals surface area contributed by atoms with E-state index in [9.17, 15) is 8.78 Å². The van der Waals surface area contributed by atoms with Crippen molar-refractivity contribution in [1.82, 2.24) is 10.2 Å². The lowest BCUT2D eigenvalue weighted by Gasteiger charge is -2.33. The van der Waals surface area contributed by atoms with Crippen LogP contribution in [0.5, 0.6) is 0 Å². The van der Waals surface area contributed by atoms with E-state index in [0.29, 0.717) is 18.5 Å². The molecule has 1 aliphatic heterocycles. The molecule has 1 aliphatic rings. The molecule has 1 aromatic rings. The molecule has 1 fully saturated rings. The minimum Gasteiger partial charge on any atom is -0.357 e. The smallest absolute Gasteiger partial charge is 0.193 e. The van der Waals surface area contributed by atoms with Crippen LogP contribution in [0.1, 0.15) is 32.3 Å². The number of hydrogen-bond donors (Lipinski definition) is 1. The fourth-order valence-electron chi connectivity index (χ4n) is 2.69. The molecular weight excluding hydrogens is 411 g/mol. The highest BCUT2D eigenvalue weighted by Crippen LogP contribution is 2.16. The van der Waals surface area contributed by atoms with Gasteiger partial charge >= 0.3 is 0 Å². The summed E-state index contributed by atoms with van der Waals surface area (Å²) >= 11 is 0. The summed E-state index contributed by atoms with van der Waals surface area (Å²) in [5.41, 5.74) is 0.643. The lowest BCUT2D eigenvalue weighted by molar-refractivity contribution is 0.273. The van der Waals surface area contributed by atoms with Gasteiger partial charge in [-0.25, -0.2) is 8.78 Å². The van der Waals surface area contributed by atoms with Crippen LogP contribution >= 0.6 is 24.0 Å². The highest BCUT2D eigenvalue weighted by molar-refractivity contribution is 14.0. The molecule has 2 rings (SSSR count). The molecule has 0 bridgehead atoms. The van der Waals surface area contributed by atoms with Crippen molar-refractivity contribution in [3.05, 3.63) is 35.4 Å². The van der Waals surface area contributed by atoms with E-state index in [1.807, 2.05) is 6.92 Å². The van der Waals surface area contributed by atoms with Crippen LogP contribution in [-0.2, 0) is 6.42 Å². The summed E-state index contributed by atoms with van der Waals surface area (Å²) in [6.45, 7) is 7.70. The molecule has 0 radical (unpaired) electrons. The number of hydrogen-bond acceptors (Lipinski definition) is 1. The normalized spacial score (nSPS) is 16.2. The maximum atomic E-state index is 13.2. The van der Waals surface area contributed by atoms with E-state index >= 15 is 0 Å². The molecule has 0 aromatic heterocycles. The zero-order valence-corrected chi connectivity index (χ0v) is 16.1. The molecular formula is C17H26F2IN3. The molecule has 0 atom stereocenters. The fraction of sp³-hybridized carbons (Fsp3) is 0.588. The van der Waals surface area contributed by atoms with Crippen LogP contribution in [0.2, 0.25) is 0 Å². The molecule has 0 saturated carbocycles. The molecule has 0 spiro atoms. The number of piperidine rings is 1. The van der Waals surface area contributed by atoms with Gasteiger partial charge in [0.15, 0.2) is 5.96 Å². The highest BCUT2D eigenvalue weighted by atomic mass is 127. The van der Waals surface area contributed by atoms with Crippen molar-refractivity contribution < 1.29 is 8.78 Å². The maximum Gasteiger partial charge on any atom is 0.193 e. The molecule has 3 nitrogen and oxygen atoms in total. The van der Waals surface area contributed by atoms with E-state index in [1.54, 1.807) is 0 Å². The molecule has 1 aromatic carbocycles. The third-order valence-electron chi connectivity index (χ3n) is 4.00. The van der Waals surface area contributed by atoms with Crippen LogP contribution in [0.4, 0.5) is 8.78 Å². The van der Waals surface area contributed by atoms with E-state index in [4.69, 9.17) is 0 Å². The van der Waals surface area contributed by atoms with Gasteiger partial charge in [-0.1, -0.05) is 6.92 Å². The highest BCUT2D eigenvalue weighted by Gasteiger charge is 2.18. The van der Waals surface area contributed by atoms with Gasteiger partial charge in [0.25, 0.3) is 0 Å². The van der Waals surface area contributed by atoms with Crippen molar-refractivity contribution in [2.45, 2.75) is 33.1 Å². The van der Waals surface area contributed by atoms with Crippen molar-refractivity contribution in [1.29, 1.82) is 0 Å². The summed E-state index contributed by atoms with van der Waals surface area (Å²) in [4.78, 5) is 6.88. The third kappa shape index (κ3) is 6.61. The number of guanidine groups is 1. The minimum absolute atomic E-state index is 0. The second-order valence-corrected chi connectivity index (χ2v) is 5.93. The predicted molar refractivity (Wildman–Crippen MR) is 101 cm³/mol. The number of nitrogens with zero attached hydrogens (tertiary/aromatic N) is 2. The second kappa shape index (κ2) is 10.1. The van der Waals surface area contributed by atoms with E-state index in [1.165, 1.54) is 25.0 Å². The van der Waals surface area contributed by atoms with Gasteiger partial charge in [0, 0.05) is 32.2 Å². The molecule has 130 valence electrons. The Morgan fingerprint density at radius 1 is 1.22 bits per heavy atom. The first kappa shape index (κ1) is 20.1. The molecule has 1 saturated heterocycles. The standard InChI is InChI=1S/C17H25F2N3.HI/c1-3-20-17(22-8-5-13(2)6-9-22)21-7-4-14-10-15(18)12-16(19)11-14;/h10-13H,3-9H2,1-2H3,(H,20,21);1H. The van der Waals surface area contributed by atoms with Gasteiger partial charge in [-0.3, -0.25) is 4.99 Å². The number of benzene rings is 1. The molecule has 6 heteroatoms. The predicted octanol–water partition coefficient (Wildman–Crippen LogP) is 3.82. The summed E-state index contributed by atoms with van der Waals surface area (Å²) in [6, 6.07) is 3.63. The van der Waals surface area contributed by atoms with Gasteiger partial charge in [-0.2, -0.15) is 0 Å². The maximum absolute atomic E-state index is 13.2. The Hall–Kier alpha value is -0.920. The van der Waals surface area contributed by atoms with Gasteiger partial charge in [0.2, 0.25) is 0 Å². The number of rotatable bonds is 4. The second-order valence-electron chi connectivity index (χ2n) is 5.93. The van der Waals surface area contributed by atoms with Crippen LogP contribution in [0.25, 0.3) is 0 Å². The molecule has 1 heterocycles. The van der Waals surface area contributed by atoms with Crippen LogP contribution in [0.15, 0.2) is 23.2 Å². The first-order chi connectivity index (χ1) is 10.6. The van der Waals surface area contributed by atoms with E-state index < -0.39 is 11.6 Å². The number of halogens is 3. The Morgan fingerprint density at radius 3 is 2.39 bits per heavy atom. The van der Waals surface area contributed by atoms with Gasteiger partial charge in [0.1, 0.15) is 11.6 Å². The Kier molecular flexibility index (Phi) is 8.79. The summed E-state index contributed by atoms with van der Waals surface area (Å²) in [5.74, 6) is 0.618. The Bertz CT molecular complexity index is 494. The third-order valence-corrected chi connectivity index (χ3v) is 4.00. The van der Waals surface area contributed by atoms with Crippen molar-refractivity contribution in [2.24, 2.45) is 10.9 Å². The molecule has 0 amide bonds. The Morgan fingerprint density at radius 2 is 1.83 bits per heavy atom. The first-order valence-electron chi connectivity index (χ1n) is 8.06. The van der Waals surface area contributed by atoms with Gasteiger partial charge in [-0.15, -0.1) is 24.0 Å². The van der Waals surface area contributed by atoms with Gasteiger partial charge in [-0.05, 0) is 49.8 Å². The van der Waals surface area contributed by atoms with Crippen LogP contribution in [-0.4, -0.2) is 37.0 Å². The SMILES string of the molecule is CCNC(=NCCc1cc(F)cc(F)c1)N1CCC(C)CC1.I. The number of nitrogens with one attached hydrogen (secondary N) is 1. The Labute approximate surface area is 154 Å². The van der Waals surface area contributed by atoms with Crippen molar-refractivity contribution in [3.63, 3.8) is 0 Å². The summed E-state index contributed by atoms with van der Waals surface area (Å²) < 4.78 is 26.3. The first-order valence-corrected chi connectivity index (χ1v) is 8.06. The van der Waals surface area contributed by atoms with Crippen molar-refractivity contribution in [2.75, 3.05) is 26.2 Å².